The molecular weight excluding hydrogens is 447 g/mol. The number of amides is 1. The van der Waals surface area contributed by atoms with Gasteiger partial charge in [-0.2, -0.15) is 18.3 Å². The molecule has 170 valence electrons. The predicted octanol–water partition coefficient (Wildman–Crippen LogP) is 4.44. The summed E-state index contributed by atoms with van der Waals surface area (Å²) in [4.78, 5) is 20.2. The van der Waals surface area contributed by atoms with E-state index in [-0.39, 0.29) is 0 Å². The number of hydrogen-bond acceptors (Lipinski definition) is 5. The molecule has 0 aliphatic carbocycles. The minimum Gasteiger partial charge on any atom is -0.366 e. The summed E-state index contributed by atoms with van der Waals surface area (Å²) in [7, 11) is 0. The van der Waals surface area contributed by atoms with Gasteiger partial charge in [-0.15, -0.1) is 0 Å². The van der Waals surface area contributed by atoms with Crippen LogP contribution in [0.15, 0.2) is 79.4 Å². The van der Waals surface area contributed by atoms with Crippen LogP contribution < -0.4 is 11.1 Å². The molecule has 2 aromatic carbocycles. The molecule has 0 radical (unpaired) electrons. The summed E-state index contributed by atoms with van der Waals surface area (Å²) in [5.74, 6) is -0.00919. The van der Waals surface area contributed by atoms with Crippen molar-refractivity contribution < 1.29 is 18.0 Å². The highest BCUT2D eigenvalue weighted by atomic mass is 19.4. The van der Waals surface area contributed by atoms with E-state index in [0.29, 0.717) is 28.4 Å². The van der Waals surface area contributed by atoms with E-state index in [9.17, 15) is 18.0 Å². The van der Waals surface area contributed by atoms with Crippen LogP contribution in [0.2, 0.25) is 0 Å². The Balaban J connectivity index is 1.40. The molecule has 3 N–H and O–H groups in total. The second-order valence-electron chi connectivity index (χ2n) is 7.37. The standard InChI is InChI=1S/C23H16F3N7O/c24-23(25,26)19-9-11-33(31-19)17-7-5-16(6-8-17)30-21-22-28-10-12-32(22)18(13-29-21)14-1-3-15(4-2-14)20(27)34/h1-13H,(H2,27,34)(H,29,30). The summed E-state index contributed by atoms with van der Waals surface area (Å²) in [6.07, 6.45) is 1.87. The second kappa shape index (κ2) is 8.03. The Morgan fingerprint density at radius 3 is 2.32 bits per heavy atom. The van der Waals surface area contributed by atoms with Gasteiger partial charge in [0.05, 0.1) is 17.6 Å². The quantitative estimate of drug-likeness (QED) is 0.401. The van der Waals surface area contributed by atoms with E-state index in [1.165, 1.54) is 6.20 Å². The van der Waals surface area contributed by atoms with Gasteiger partial charge in [0.25, 0.3) is 0 Å². The van der Waals surface area contributed by atoms with Crippen molar-refractivity contribution in [2.24, 2.45) is 5.73 Å². The topological polar surface area (TPSA) is 103 Å². The van der Waals surface area contributed by atoms with Gasteiger partial charge >= 0.3 is 6.18 Å². The number of carbonyl (C=O) groups is 1. The maximum atomic E-state index is 12.8. The average Bonchev–Trinajstić information content (AvgIpc) is 3.50. The molecule has 3 heterocycles. The first-order valence-electron chi connectivity index (χ1n) is 10.0. The van der Waals surface area contributed by atoms with Crippen LogP contribution in [-0.4, -0.2) is 30.1 Å². The van der Waals surface area contributed by atoms with Gasteiger partial charge in [0.2, 0.25) is 5.91 Å². The molecule has 0 saturated heterocycles. The first-order valence-corrected chi connectivity index (χ1v) is 10.0. The fourth-order valence-corrected chi connectivity index (χ4v) is 3.48. The molecule has 8 nitrogen and oxygen atoms in total. The van der Waals surface area contributed by atoms with Crippen molar-refractivity contribution in [1.82, 2.24) is 24.1 Å². The maximum Gasteiger partial charge on any atom is 0.435 e. The van der Waals surface area contributed by atoms with Gasteiger partial charge in [-0.05, 0) is 42.5 Å². The van der Waals surface area contributed by atoms with E-state index in [1.54, 1.807) is 67.1 Å². The fourth-order valence-electron chi connectivity index (χ4n) is 3.48. The van der Waals surface area contributed by atoms with E-state index in [0.717, 1.165) is 22.0 Å². The Morgan fingerprint density at radius 1 is 0.941 bits per heavy atom. The van der Waals surface area contributed by atoms with Gasteiger partial charge in [0.15, 0.2) is 17.2 Å². The van der Waals surface area contributed by atoms with Gasteiger partial charge in [-0.3, -0.25) is 9.20 Å². The predicted molar refractivity (Wildman–Crippen MR) is 119 cm³/mol. The summed E-state index contributed by atoms with van der Waals surface area (Å²) in [6, 6.07) is 14.5. The van der Waals surface area contributed by atoms with Crippen molar-refractivity contribution in [2.75, 3.05) is 5.32 Å². The van der Waals surface area contributed by atoms with Gasteiger partial charge in [-0.25, -0.2) is 14.6 Å². The smallest absolute Gasteiger partial charge is 0.366 e. The molecule has 0 aliphatic heterocycles. The Hall–Kier alpha value is -4.67. The third kappa shape index (κ3) is 3.94. The number of alkyl halides is 3. The minimum absolute atomic E-state index is 0.407. The molecule has 0 spiro atoms. The molecule has 5 aromatic rings. The number of nitrogens with one attached hydrogen (secondary N) is 1. The number of aromatic nitrogens is 5. The van der Waals surface area contributed by atoms with E-state index < -0.39 is 17.8 Å². The molecular formula is C23H16F3N7O. The first-order chi connectivity index (χ1) is 16.3. The number of fused-ring (bicyclic) bond motifs is 1. The SMILES string of the molecule is NC(=O)c1ccc(-c2cnc(Nc3ccc(-n4ccc(C(F)(F)F)n4)cc3)c3nccn23)cc1. The Morgan fingerprint density at radius 2 is 1.68 bits per heavy atom. The van der Waals surface area contributed by atoms with Crippen LogP contribution in [0.25, 0.3) is 22.6 Å². The molecule has 3 aromatic heterocycles. The van der Waals surface area contributed by atoms with Crippen LogP contribution in [0.5, 0.6) is 0 Å². The van der Waals surface area contributed by atoms with Crippen molar-refractivity contribution in [2.45, 2.75) is 6.18 Å². The number of benzene rings is 2. The second-order valence-corrected chi connectivity index (χ2v) is 7.37. The number of imidazole rings is 1. The van der Waals surface area contributed by atoms with Gasteiger partial charge in [0, 0.05) is 35.4 Å². The molecule has 0 saturated carbocycles. The lowest BCUT2D eigenvalue weighted by atomic mass is 10.1. The van der Waals surface area contributed by atoms with Crippen LogP contribution in [0.1, 0.15) is 16.1 Å². The normalized spacial score (nSPS) is 11.6. The summed E-state index contributed by atoms with van der Waals surface area (Å²) in [5.41, 5.74) is 8.08. The van der Waals surface area contributed by atoms with Crippen LogP contribution in [0.4, 0.5) is 24.7 Å². The largest absolute Gasteiger partial charge is 0.435 e. The molecule has 0 aliphatic rings. The number of rotatable bonds is 5. The van der Waals surface area contributed by atoms with Gasteiger partial charge in [0.1, 0.15) is 0 Å². The Kier molecular flexibility index (Phi) is 5.01. The number of primary amides is 1. The van der Waals surface area contributed by atoms with Crippen LogP contribution >= 0.6 is 0 Å². The summed E-state index contributed by atoms with van der Waals surface area (Å²) in [6.45, 7) is 0. The fraction of sp³-hybridized carbons (Fsp3) is 0.0435. The van der Waals surface area contributed by atoms with Crippen molar-refractivity contribution in [3.05, 3.63) is 90.6 Å². The lowest BCUT2D eigenvalue weighted by Gasteiger charge is -2.11. The average molecular weight is 463 g/mol. The molecule has 0 bridgehead atoms. The number of nitrogens with zero attached hydrogens (tertiary/aromatic N) is 5. The van der Waals surface area contributed by atoms with Crippen LogP contribution in [0, 0.1) is 0 Å². The van der Waals surface area contributed by atoms with Crippen LogP contribution in [0.3, 0.4) is 0 Å². The molecule has 0 unspecified atom stereocenters. The van der Waals surface area contributed by atoms with Crippen molar-refractivity contribution in [1.29, 1.82) is 0 Å². The number of halogens is 3. The third-order valence-electron chi connectivity index (χ3n) is 5.17. The maximum absolute atomic E-state index is 12.8. The highest BCUT2D eigenvalue weighted by Crippen LogP contribution is 2.29. The van der Waals surface area contributed by atoms with E-state index >= 15 is 0 Å². The number of carbonyl (C=O) groups excluding carboxylic acids is 1. The zero-order valence-corrected chi connectivity index (χ0v) is 17.4. The third-order valence-corrected chi connectivity index (χ3v) is 5.17. The van der Waals surface area contributed by atoms with Crippen molar-refractivity contribution in [3.8, 4) is 16.9 Å². The van der Waals surface area contributed by atoms with E-state index in [4.69, 9.17) is 5.73 Å². The summed E-state index contributed by atoms with van der Waals surface area (Å²) < 4.78 is 41.4. The summed E-state index contributed by atoms with van der Waals surface area (Å²) >= 11 is 0. The molecule has 0 fully saturated rings. The lowest BCUT2D eigenvalue weighted by molar-refractivity contribution is -0.141. The Bertz CT molecular complexity index is 1490. The van der Waals surface area contributed by atoms with Gasteiger partial charge in [-0.1, -0.05) is 12.1 Å². The molecule has 5 rings (SSSR count). The highest BCUT2D eigenvalue weighted by molar-refractivity contribution is 5.93. The monoisotopic (exact) mass is 463 g/mol. The van der Waals surface area contributed by atoms with E-state index in [2.05, 4.69) is 20.4 Å². The van der Waals surface area contributed by atoms with E-state index in [1.807, 2.05) is 4.40 Å². The molecule has 11 heteroatoms. The van der Waals surface area contributed by atoms with Crippen molar-refractivity contribution >= 4 is 23.1 Å². The first kappa shape index (κ1) is 21.2. The zero-order valence-electron chi connectivity index (χ0n) is 17.4. The number of hydrogen-bond donors (Lipinski definition) is 2. The number of anilines is 2. The Labute approximate surface area is 190 Å². The molecule has 0 atom stereocenters. The van der Waals surface area contributed by atoms with Crippen LogP contribution in [-0.2, 0) is 6.18 Å². The number of nitrogens with two attached hydrogens (primary N) is 1. The van der Waals surface area contributed by atoms with Gasteiger partial charge < -0.3 is 11.1 Å². The zero-order chi connectivity index (χ0) is 23.9. The molecule has 34 heavy (non-hydrogen) atoms. The molecule has 1 amide bonds. The highest BCUT2D eigenvalue weighted by Gasteiger charge is 2.33. The minimum atomic E-state index is -4.50. The lowest BCUT2D eigenvalue weighted by Crippen LogP contribution is -2.10. The van der Waals surface area contributed by atoms with Crippen molar-refractivity contribution in [3.63, 3.8) is 0 Å². The summed E-state index contributed by atoms with van der Waals surface area (Å²) in [5, 5.41) is 6.75.